The van der Waals surface area contributed by atoms with Crippen LogP contribution in [0.2, 0.25) is 0 Å². The number of nitrogens with one attached hydrogen (secondary N) is 1. The molecule has 10 heteroatoms. The number of ether oxygens (including phenoxy) is 1. The molecular formula is C24H27ClN4O4S. The molecule has 2 amide bonds. The summed E-state index contributed by atoms with van der Waals surface area (Å²) in [6.07, 6.45) is 6.05. The molecule has 180 valence electrons. The van der Waals surface area contributed by atoms with Crippen molar-refractivity contribution in [3.8, 4) is 10.6 Å². The summed E-state index contributed by atoms with van der Waals surface area (Å²) in [5.41, 5.74) is 1.71. The summed E-state index contributed by atoms with van der Waals surface area (Å²) in [6, 6.07) is 4.12. The average Bonchev–Trinajstić information content (AvgIpc) is 3.56. The zero-order valence-electron chi connectivity index (χ0n) is 18.9. The minimum absolute atomic E-state index is 0.0251. The molecule has 34 heavy (non-hydrogen) atoms. The van der Waals surface area contributed by atoms with E-state index in [1.807, 2.05) is 19.1 Å². The Morgan fingerprint density at radius 3 is 2.79 bits per heavy atom. The molecule has 1 N–H and O–H groups in total. The molecule has 2 aliphatic heterocycles. The van der Waals surface area contributed by atoms with Crippen LogP contribution >= 0.6 is 22.9 Å². The van der Waals surface area contributed by atoms with Crippen molar-refractivity contribution in [1.82, 2.24) is 20.4 Å². The van der Waals surface area contributed by atoms with Crippen LogP contribution in [0.4, 0.5) is 0 Å². The summed E-state index contributed by atoms with van der Waals surface area (Å²) >= 11 is 7.74. The maximum Gasteiger partial charge on any atom is 0.262 e. The number of carbonyl (C=O) groups is 3. The van der Waals surface area contributed by atoms with E-state index in [0.29, 0.717) is 4.88 Å². The lowest BCUT2D eigenvalue weighted by atomic mass is 9.83. The Balaban J connectivity index is 1.38. The van der Waals surface area contributed by atoms with Crippen LogP contribution in [0, 0.1) is 12.8 Å². The molecule has 2 aromatic heterocycles. The maximum absolute atomic E-state index is 13.7. The number of Topliss-reactive ketones (excluding diaryl/α,β-unsaturated/α-hetero) is 1. The highest BCUT2D eigenvalue weighted by molar-refractivity contribution is 7.17. The van der Waals surface area contributed by atoms with E-state index >= 15 is 0 Å². The lowest BCUT2D eigenvalue weighted by Crippen LogP contribution is -2.55. The zero-order chi connectivity index (χ0) is 23.8. The van der Waals surface area contributed by atoms with Crippen LogP contribution in [0.3, 0.4) is 0 Å². The number of aryl methyl sites for hydroxylation is 1. The summed E-state index contributed by atoms with van der Waals surface area (Å²) in [4.78, 5) is 42.4. The van der Waals surface area contributed by atoms with Gasteiger partial charge in [0.15, 0.2) is 5.78 Å². The number of carbonyl (C=O) groups excluding carboxylic acids is 3. The number of hydrogen-bond acceptors (Lipinski definition) is 7. The van der Waals surface area contributed by atoms with Gasteiger partial charge in [-0.2, -0.15) is 5.10 Å². The van der Waals surface area contributed by atoms with Crippen molar-refractivity contribution in [3.63, 3.8) is 0 Å². The minimum atomic E-state index is -0.701. The second-order valence-corrected chi connectivity index (χ2v) is 10.9. The zero-order valence-corrected chi connectivity index (χ0v) is 20.5. The topological polar surface area (TPSA) is 101 Å². The van der Waals surface area contributed by atoms with Crippen LogP contribution in [0.25, 0.3) is 10.6 Å². The quantitative estimate of drug-likeness (QED) is 0.631. The van der Waals surface area contributed by atoms with E-state index in [-0.39, 0.29) is 36.7 Å². The number of nitrogens with zero attached hydrogens (tertiary/aromatic N) is 3. The van der Waals surface area contributed by atoms with Gasteiger partial charge in [0.2, 0.25) is 5.91 Å². The molecule has 8 nitrogen and oxygen atoms in total. The van der Waals surface area contributed by atoms with Crippen molar-refractivity contribution in [3.05, 3.63) is 34.8 Å². The fraction of sp³-hybridized carbons (Fsp3) is 0.542. The molecule has 1 saturated carbocycles. The summed E-state index contributed by atoms with van der Waals surface area (Å²) in [5, 5.41) is 10.7. The highest BCUT2D eigenvalue weighted by Crippen LogP contribution is 2.34. The molecule has 2 aromatic rings. The SMILES string of the molecule is Cc1ccnnc1-c1ccc(C(=O)NC(C(=O)N2CC(Cl)C3OCC(=O)C32)C2CCCCC2)s1. The van der Waals surface area contributed by atoms with Crippen LogP contribution in [0.1, 0.15) is 47.3 Å². The number of alkyl halides is 1. The summed E-state index contributed by atoms with van der Waals surface area (Å²) < 4.78 is 5.54. The van der Waals surface area contributed by atoms with E-state index in [0.717, 1.165) is 48.2 Å². The lowest BCUT2D eigenvalue weighted by molar-refractivity contribution is -0.139. The Hall–Kier alpha value is -2.36. The second-order valence-electron chi connectivity index (χ2n) is 9.27. The summed E-state index contributed by atoms with van der Waals surface area (Å²) in [5.74, 6) is -0.637. The van der Waals surface area contributed by atoms with Gasteiger partial charge in [-0.05, 0) is 49.4 Å². The Bertz CT molecular complexity index is 1100. The van der Waals surface area contributed by atoms with Gasteiger partial charge >= 0.3 is 0 Å². The van der Waals surface area contributed by atoms with Gasteiger partial charge in [-0.1, -0.05) is 19.3 Å². The highest BCUT2D eigenvalue weighted by Gasteiger charge is 2.53. The van der Waals surface area contributed by atoms with Crippen molar-refractivity contribution >= 4 is 40.5 Å². The van der Waals surface area contributed by atoms with E-state index < -0.39 is 23.6 Å². The third-order valence-corrected chi connectivity index (χ3v) is 8.54. The van der Waals surface area contributed by atoms with Crippen LogP contribution in [0.5, 0.6) is 0 Å². The minimum Gasteiger partial charge on any atom is -0.366 e. The summed E-state index contributed by atoms with van der Waals surface area (Å²) in [7, 11) is 0. The monoisotopic (exact) mass is 502 g/mol. The van der Waals surface area contributed by atoms with Gasteiger partial charge in [0.25, 0.3) is 5.91 Å². The Morgan fingerprint density at radius 1 is 1.24 bits per heavy atom. The molecule has 3 aliphatic rings. The van der Waals surface area contributed by atoms with Gasteiger partial charge in [0.05, 0.1) is 15.1 Å². The third-order valence-electron chi connectivity index (χ3n) is 7.07. The molecule has 3 fully saturated rings. The lowest BCUT2D eigenvalue weighted by Gasteiger charge is -2.34. The number of likely N-dealkylation sites (tertiary alicyclic amines) is 1. The van der Waals surface area contributed by atoms with Gasteiger partial charge in [-0.15, -0.1) is 28.0 Å². The first-order valence-corrected chi connectivity index (χ1v) is 13.0. The first-order chi connectivity index (χ1) is 16.4. The molecule has 2 saturated heterocycles. The van der Waals surface area contributed by atoms with Crippen molar-refractivity contribution in [2.45, 2.75) is 62.6 Å². The summed E-state index contributed by atoms with van der Waals surface area (Å²) in [6.45, 7) is 2.17. The largest absolute Gasteiger partial charge is 0.366 e. The Kier molecular flexibility index (Phi) is 6.68. The Morgan fingerprint density at radius 2 is 2.03 bits per heavy atom. The number of halogens is 1. The number of aromatic nitrogens is 2. The maximum atomic E-state index is 13.7. The van der Waals surface area contributed by atoms with Gasteiger partial charge in [-0.25, -0.2) is 0 Å². The number of amides is 2. The van der Waals surface area contributed by atoms with Crippen molar-refractivity contribution < 1.29 is 19.1 Å². The molecule has 0 aromatic carbocycles. The van der Waals surface area contributed by atoms with E-state index in [2.05, 4.69) is 15.5 Å². The molecule has 0 spiro atoms. The molecular weight excluding hydrogens is 476 g/mol. The smallest absolute Gasteiger partial charge is 0.262 e. The molecule has 5 rings (SSSR count). The fourth-order valence-corrected chi connectivity index (χ4v) is 6.61. The molecule has 1 aliphatic carbocycles. The van der Waals surface area contributed by atoms with Crippen LogP contribution in [-0.4, -0.2) is 69.4 Å². The highest BCUT2D eigenvalue weighted by atomic mass is 35.5. The van der Waals surface area contributed by atoms with E-state index in [4.69, 9.17) is 16.3 Å². The predicted octanol–water partition coefficient (Wildman–Crippen LogP) is 2.98. The van der Waals surface area contributed by atoms with Gasteiger partial charge < -0.3 is 15.0 Å². The van der Waals surface area contributed by atoms with Crippen molar-refractivity contribution in [2.24, 2.45) is 5.92 Å². The van der Waals surface area contributed by atoms with Gasteiger partial charge in [-0.3, -0.25) is 14.4 Å². The van der Waals surface area contributed by atoms with Crippen molar-refractivity contribution in [2.75, 3.05) is 13.2 Å². The van der Waals surface area contributed by atoms with E-state index in [1.165, 1.54) is 11.3 Å². The third kappa shape index (κ3) is 4.36. The normalized spacial score (nSPS) is 25.9. The molecule has 0 radical (unpaired) electrons. The van der Waals surface area contributed by atoms with Crippen LogP contribution in [0.15, 0.2) is 24.4 Å². The molecule has 4 heterocycles. The predicted molar refractivity (Wildman–Crippen MR) is 128 cm³/mol. The fourth-order valence-electron chi connectivity index (χ4n) is 5.29. The van der Waals surface area contributed by atoms with Crippen LogP contribution in [-0.2, 0) is 14.3 Å². The van der Waals surface area contributed by atoms with Crippen LogP contribution < -0.4 is 5.32 Å². The van der Waals surface area contributed by atoms with Gasteiger partial charge in [0.1, 0.15) is 30.5 Å². The van der Waals surface area contributed by atoms with Gasteiger partial charge in [0, 0.05) is 12.7 Å². The number of fused-ring (bicyclic) bond motifs is 1. The standard InChI is InChI=1S/C24H27ClN4O4S/c1-13-9-10-26-28-19(13)17-7-8-18(34-17)23(31)27-20(14-5-3-2-4-6-14)24(32)29-11-15(25)22-21(29)16(30)12-33-22/h7-10,14-15,20-22H,2-6,11-12H2,1H3,(H,27,31). The molecule has 4 atom stereocenters. The Labute approximate surface area is 207 Å². The number of ketones is 1. The number of thiophene rings is 1. The number of rotatable bonds is 5. The molecule has 4 unspecified atom stereocenters. The molecule has 0 bridgehead atoms. The average molecular weight is 503 g/mol. The van der Waals surface area contributed by atoms with Crippen molar-refractivity contribution in [1.29, 1.82) is 0 Å². The van der Waals surface area contributed by atoms with E-state index in [9.17, 15) is 14.4 Å². The second kappa shape index (κ2) is 9.71. The first-order valence-electron chi connectivity index (χ1n) is 11.7. The van der Waals surface area contributed by atoms with E-state index in [1.54, 1.807) is 17.2 Å². The number of hydrogen-bond donors (Lipinski definition) is 1. The first kappa shape index (κ1) is 23.4.